The Labute approximate surface area is 151 Å². The first-order valence-corrected chi connectivity index (χ1v) is 8.54. The van der Waals surface area contributed by atoms with Crippen molar-refractivity contribution in [3.63, 3.8) is 0 Å². The Kier molecular flexibility index (Phi) is 5.16. The van der Waals surface area contributed by atoms with Gasteiger partial charge in [0.1, 0.15) is 0 Å². The zero-order chi connectivity index (χ0) is 18.7. The first-order chi connectivity index (χ1) is 12.5. The molecule has 0 spiro atoms. The number of esters is 1. The van der Waals surface area contributed by atoms with Gasteiger partial charge in [-0.25, -0.2) is 9.78 Å². The third-order valence-corrected chi connectivity index (χ3v) is 4.89. The molecule has 1 aliphatic heterocycles. The molecule has 3 rings (SSSR count). The number of benzene rings is 1. The van der Waals surface area contributed by atoms with Crippen molar-refractivity contribution in [1.29, 1.82) is 0 Å². The molecule has 0 atom stereocenters. The fourth-order valence-corrected chi connectivity index (χ4v) is 3.50. The molecule has 1 saturated heterocycles. The summed E-state index contributed by atoms with van der Waals surface area (Å²) in [6.07, 6.45) is 3.15. The molecule has 0 unspecified atom stereocenters. The van der Waals surface area contributed by atoms with E-state index >= 15 is 0 Å². The van der Waals surface area contributed by atoms with Crippen LogP contribution in [0.4, 0.5) is 11.5 Å². The van der Waals surface area contributed by atoms with E-state index in [1.165, 1.54) is 30.5 Å². The van der Waals surface area contributed by atoms with Crippen molar-refractivity contribution in [3.8, 4) is 0 Å². The second kappa shape index (κ2) is 7.51. The van der Waals surface area contributed by atoms with E-state index in [1.807, 2.05) is 17.0 Å². The fraction of sp³-hybridized carbons (Fsp3) is 0.368. The van der Waals surface area contributed by atoms with Gasteiger partial charge in [0.2, 0.25) is 5.82 Å². The quantitative estimate of drug-likeness (QED) is 0.474. The minimum absolute atomic E-state index is 0.0812. The highest BCUT2D eigenvalue weighted by Gasteiger charge is 2.28. The van der Waals surface area contributed by atoms with Crippen LogP contribution in [0.1, 0.15) is 40.2 Å². The standard InChI is InChI=1S/C19H21N3O4/c1-13-5-3-4-6-16(13)14-7-9-21(10-8-14)18-17(22(24)25)11-15(12-20-18)19(23)26-2/h3-6,11-12,14H,7-10H2,1-2H3. The average molecular weight is 355 g/mol. The van der Waals surface area contributed by atoms with Crippen molar-refractivity contribution < 1.29 is 14.5 Å². The van der Waals surface area contributed by atoms with E-state index in [9.17, 15) is 14.9 Å². The second-order valence-electron chi connectivity index (χ2n) is 6.43. The highest BCUT2D eigenvalue weighted by molar-refractivity contribution is 5.90. The van der Waals surface area contributed by atoms with Gasteiger partial charge >= 0.3 is 11.7 Å². The molecule has 1 fully saturated rings. The molecule has 0 bridgehead atoms. The van der Waals surface area contributed by atoms with Crippen molar-refractivity contribution in [2.24, 2.45) is 0 Å². The molecule has 2 heterocycles. The van der Waals surface area contributed by atoms with Crippen LogP contribution in [0.25, 0.3) is 0 Å². The Morgan fingerprint density at radius 3 is 2.62 bits per heavy atom. The van der Waals surface area contributed by atoms with Crippen LogP contribution in [0, 0.1) is 17.0 Å². The highest BCUT2D eigenvalue weighted by atomic mass is 16.6. The van der Waals surface area contributed by atoms with E-state index in [1.54, 1.807) is 0 Å². The van der Waals surface area contributed by atoms with Crippen LogP contribution in [0.15, 0.2) is 36.5 Å². The summed E-state index contributed by atoms with van der Waals surface area (Å²) >= 11 is 0. The van der Waals surface area contributed by atoms with E-state index in [-0.39, 0.29) is 11.3 Å². The first-order valence-electron chi connectivity index (χ1n) is 8.54. The molecule has 1 aromatic carbocycles. The van der Waals surface area contributed by atoms with Gasteiger partial charge in [-0.15, -0.1) is 0 Å². The van der Waals surface area contributed by atoms with Gasteiger partial charge in [-0.2, -0.15) is 0 Å². The molecule has 26 heavy (non-hydrogen) atoms. The SMILES string of the molecule is COC(=O)c1cnc(N2CCC(c3ccccc3C)CC2)c([N+](=O)[O-])c1. The zero-order valence-corrected chi connectivity index (χ0v) is 14.8. The number of carbonyl (C=O) groups excluding carboxylic acids is 1. The normalized spacial score (nSPS) is 14.9. The molecule has 1 aromatic heterocycles. The van der Waals surface area contributed by atoms with Crippen LogP contribution in [0.2, 0.25) is 0 Å². The lowest BCUT2D eigenvalue weighted by atomic mass is 9.87. The number of carbonyl (C=O) groups is 1. The maximum atomic E-state index is 11.6. The van der Waals surface area contributed by atoms with Crippen molar-refractivity contribution in [3.05, 3.63) is 63.3 Å². The molecule has 1 aliphatic rings. The van der Waals surface area contributed by atoms with Crippen LogP contribution >= 0.6 is 0 Å². The molecule has 0 radical (unpaired) electrons. The van der Waals surface area contributed by atoms with Crippen LogP contribution in [-0.4, -0.2) is 36.1 Å². The highest BCUT2D eigenvalue weighted by Crippen LogP contribution is 2.34. The van der Waals surface area contributed by atoms with E-state index in [0.717, 1.165) is 12.8 Å². The molecule has 0 saturated carbocycles. The number of nitrogens with zero attached hydrogens (tertiary/aromatic N) is 3. The Morgan fingerprint density at radius 1 is 1.31 bits per heavy atom. The Bertz CT molecular complexity index is 829. The predicted molar refractivity (Wildman–Crippen MR) is 97.6 cm³/mol. The van der Waals surface area contributed by atoms with Crippen molar-refractivity contribution in [1.82, 2.24) is 4.98 Å². The largest absolute Gasteiger partial charge is 0.465 e. The van der Waals surface area contributed by atoms with E-state index in [0.29, 0.717) is 24.8 Å². The second-order valence-corrected chi connectivity index (χ2v) is 6.43. The number of rotatable bonds is 4. The number of hydrogen-bond acceptors (Lipinski definition) is 6. The molecule has 0 amide bonds. The topological polar surface area (TPSA) is 85.6 Å². The van der Waals surface area contributed by atoms with Crippen molar-refractivity contribution in [2.45, 2.75) is 25.7 Å². The maximum absolute atomic E-state index is 11.6. The minimum Gasteiger partial charge on any atom is -0.465 e. The number of hydrogen-bond donors (Lipinski definition) is 0. The van der Waals surface area contributed by atoms with Gasteiger partial charge in [0, 0.05) is 25.4 Å². The summed E-state index contributed by atoms with van der Waals surface area (Å²) in [6.45, 7) is 3.48. The number of methoxy groups -OCH3 is 1. The van der Waals surface area contributed by atoms with Gasteiger partial charge in [-0.05, 0) is 36.8 Å². The summed E-state index contributed by atoms with van der Waals surface area (Å²) in [4.78, 5) is 28.7. The lowest BCUT2D eigenvalue weighted by molar-refractivity contribution is -0.384. The summed E-state index contributed by atoms with van der Waals surface area (Å²) in [5, 5.41) is 11.4. The molecule has 0 N–H and O–H groups in total. The van der Waals surface area contributed by atoms with Crippen LogP contribution in [0.3, 0.4) is 0 Å². The van der Waals surface area contributed by atoms with Crippen LogP contribution < -0.4 is 4.90 Å². The monoisotopic (exact) mass is 355 g/mol. The molecule has 136 valence electrons. The number of nitro groups is 1. The summed E-state index contributed by atoms with van der Waals surface area (Å²) in [5.41, 5.74) is 2.54. The lowest BCUT2D eigenvalue weighted by Crippen LogP contribution is -2.34. The number of piperidine rings is 1. The van der Waals surface area contributed by atoms with Gasteiger partial charge in [0.05, 0.1) is 17.6 Å². The molecular weight excluding hydrogens is 334 g/mol. The molecule has 2 aromatic rings. The predicted octanol–water partition coefficient (Wildman–Crippen LogP) is 3.47. The molecule has 0 aliphatic carbocycles. The first kappa shape index (κ1) is 17.8. The van der Waals surface area contributed by atoms with E-state index in [4.69, 9.17) is 0 Å². The van der Waals surface area contributed by atoms with Crippen LogP contribution in [-0.2, 0) is 4.74 Å². The summed E-state index contributed by atoms with van der Waals surface area (Å²) < 4.78 is 4.62. The van der Waals surface area contributed by atoms with Crippen LogP contribution in [0.5, 0.6) is 0 Å². The van der Waals surface area contributed by atoms with E-state index < -0.39 is 10.9 Å². The molecule has 7 nitrogen and oxygen atoms in total. The summed E-state index contributed by atoms with van der Waals surface area (Å²) in [5.74, 6) is 0.122. The van der Waals surface area contributed by atoms with E-state index in [2.05, 4.69) is 28.8 Å². The van der Waals surface area contributed by atoms with Gasteiger partial charge in [0.25, 0.3) is 0 Å². The van der Waals surface area contributed by atoms with Crippen molar-refractivity contribution >= 4 is 17.5 Å². The minimum atomic E-state index is -0.634. The summed E-state index contributed by atoms with van der Waals surface area (Å²) in [6, 6.07) is 9.58. The van der Waals surface area contributed by atoms with Gasteiger partial charge in [0.15, 0.2) is 0 Å². The molecular formula is C19H21N3O4. The lowest BCUT2D eigenvalue weighted by Gasteiger charge is -2.33. The third-order valence-electron chi connectivity index (χ3n) is 4.89. The summed E-state index contributed by atoms with van der Waals surface area (Å²) in [7, 11) is 1.23. The average Bonchev–Trinajstić information content (AvgIpc) is 2.67. The zero-order valence-electron chi connectivity index (χ0n) is 14.8. The molecule has 7 heteroatoms. The number of aromatic nitrogens is 1. The van der Waals surface area contributed by atoms with Gasteiger partial charge in [-0.3, -0.25) is 10.1 Å². The maximum Gasteiger partial charge on any atom is 0.339 e. The fourth-order valence-electron chi connectivity index (χ4n) is 3.50. The Balaban J connectivity index is 1.80. The van der Waals surface area contributed by atoms with Gasteiger partial charge < -0.3 is 9.64 Å². The number of ether oxygens (including phenoxy) is 1. The van der Waals surface area contributed by atoms with Gasteiger partial charge in [-0.1, -0.05) is 24.3 Å². The van der Waals surface area contributed by atoms with Crippen molar-refractivity contribution in [2.75, 3.05) is 25.1 Å². The third kappa shape index (κ3) is 3.51. The Hall–Kier alpha value is -2.96. The number of anilines is 1. The smallest absolute Gasteiger partial charge is 0.339 e. The number of pyridine rings is 1. The number of aryl methyl sites for hydroxylation is 1. The Morgan fingerprint density at radius 2 is 2.00 bits per heavy atom.